The number of rotatable bonds is 6. The molecule has 120 valence electrons. The second-order valence-electron chi connectivity index (χ2n) is 4.67. The summed E-state index contributed by atoms with van der Waals surface area (Å²) >= 11 is 5.77. The van der Waals surface area contributed by atoms with Crippen LogP contribution in [0.1, 0.15) is 17.3 Å². The molecule has 2 aromatic carbocycles. The summed E-state index contributed by atoms with van der Waals surface area (Å²) in [5, 5.41) is 5.81. The molecule has 0 spiro atoms. The standard InChI is InChI=1S/C17H17ClN2O3/c1-2-23-15-6-4-3-5-14(15)20-16(21)11-19-17(22)12-7-9-13(18)10-8-12/h3-10H,2,11H2,1H3,(H,19,22)(H,20,21). The minimum absolute atomic E-state index is 0.137. The normalized spacial score (nSPS) is 10.0. The first kappa shape index (κ1) is 16.8. The third-order valence-corrected chi connectivity index (χ3v) is 3.23. The Balaban J connectivity index is 1.90. The van der Waals surface area contributed by atoms with Crippen molar-refractivity contribution in [3.05, 3.63) is 59.1 Å². The summed E-state index contributed by atoms with van der Waals surface area (Å²) in [7, 11) is 0. The number of para-hydroxylation sites is 2. The molecule has 0 fully saturated rings. The lowest BCUT2D eigenvalue weighted by molar-refractivity contribution is -0.115. The minimum Gasteiger partial charge on any atom is -0.492 e. The van der Waals surface area contributed by atoms with Crippen molar-refractivity contribution in [1.29, 1.82) is 0 Å². The molecular weight excluding hydrogens is 316 g/mol. The molecule has 0 unspecified atom stereocenters. The Morgan fingerprint density at radius 1 is 1.09 bits per heavy atom. The zero-order chi connectivity index (χ0) is 16.7. The van der Waals surface area contributed by atoms with Crippen LogP contribution >= 0.6 is 11.6 Å². The van der Waals surface area contributed by atoms with E-state index in [0.717, 1.165) is 0 Å². The summed E-state index contributed by atoms with van der Waals surface area (Å²) in [5.74, 6) is -0.0817. The Kier molecular flexibility index (Phi) is 6.00. The van der Waals surface area contributed by atoms with E-state index in [0.29, 0.717) is 28.6 Å². The molecule has 0 saturated heterocycles. The summed E-state index contributed by atoms with van der Waals surface area (Å²) in [6, 6.07) is 13.6. The van der Waals surface area contributed by atoms with E-state index in [1.165, 1.54) is 0 Å². The predicted molar refractivity (Wildman–Crippen MR) is 90.0 cm³/mol. The number of hydrogen-bond acceptors (Lipinski definition) is 3. The molecule has 0 radical (unpaired) electrons. The van der Waals surface area contributed by atoms with Crippen molar-refractivity contribution in [2.75, 3.05) is 18.5 Å². The molecule has 23 heavy (non-hydrogen) atoms. The maximum Gasteiger partial charge on any atom is 0.251 e. The SMILES string of the molecule is CCOc1ccccc1NC(=O)CNC(=O)c1ccc(Cl)cc1. The van der Waals surface area contributed by atoms with Gasteiger partial charge >= 0.3 is 0 Å². The van der Waals surface area contributed by atoms with Gasteiger partial charge in [-0.1, -0.05) is 23.7 Å². The van der Waals surface area contributed by atoms with E-state index >= 15 is 0 Å². The lowest BCUT2D eigenvalue weighted by Gasteiger charge is -2.11. The number of ether oxygens (including phenoxy) is 1. The summed E-state index contributed by atoms with van der Waals surface area (Å²) in [5.41, 5.74) is 1.01. The van der Waals surface area contributed by atoms with Gasteiger partial charge in [-0.25, -0.2) is 0 Å². The van der Waals surface area contributed by atoms with Gasteiger partial charge < -0.3 is 15.4 Å². The second-order valence-corrected chi connectivity index (χ2v) is 5.10. The lowest BCUT2D eigenvalue weighted by Crippen LogP contribution is -2.32. The molecule has 0 aliphatic carbocycles. The van der Waals surface area contributed by atoms with Crippen LogP contribution in [0.5, 0.6) is 5.75 Å². The first-order valence-corrected chi connectivity index (χ1v) is 7.53. The van der Waals surface area contributed by atoms with Crippen LogP contribution in [-0.2, 0) is 4.79 Å². The topological polar surface area (TPSA) is 67.4 Å². The first-order valence-electron chi connectivity index (χ1n) is 7.15. The van der Waals surface area contributed by atoms with E-state index in [4.69, 9.17) is 16.3 Å². The average Bonchev–Trinajstić information content (AvgIpc) is 2.55. The zero-order valence-electron chi connectivity index (χ0n) is 12.6. The predicted octanol–water partition coefficient (Wildman–Crippen LogP) is 3.11. The number of hydrogen-bond donors (Lipinski definition) is 2. The van der Waals surface area contributed by atoms with Crippen molar-refractivity contribution < 1.29 is 14.3 Å². The highest BCUT2D eigenvalue weighted by Gasteiger charge is 2.10. The number of anilines is 1. The first-order chi connectivity index (χ1) is 11.1. The maximum absolute atomic E-state index is 12.0. The summed E-state index contributed by atoms with van der Waals surface area (Å²) in [4.78, 5) is 23.9. The van der Waals surface area contributed by atoms with E-state index in [1.807, 2.05) is 13.0 Å². The Morgan fingerprint density at radius 3 is 2.48 bits per heavy atom. The number of halogens is 1. The Morgan fingerprint density at radius 2 is 1.78 bits per heavy atom. The number of benzene rings is 2. The van der Waals surface area contributed by atoms with Gasteiger partial charge in [0, 0.05) is 10.6 Å². The van der Waals surface area contributed by atoms with Gasteiger partial charge in [0.2, 0.25) is 5.91 Å². The molecule has 0 bridgehead atoms. The van der Waals surface area contributed by atoms with Crippen LogP contribution in [0.25, 0.3) is 0 Å². The molecule has 0 atom stereocenters. The second kappa shape index (κ2) is 8.19. The van der Waals surface area contributed by atoms with Crippen molar-refractivity contribution in [2.24, 2.45) is 0 Å². The quantitative estimate of drug-likeness (QED) is 0.854. The molecular formula is C17H17ClN2O3. The van der Waals surface area contributed by atoms with Crippen molar-refractivity contribution in [3.63, 3.8) is 0 Å². The van der Waals surface area contributed by atoms with Gasteiger partial charge in [0.1, 0.15) is 5.75 Å². The van der Waals surface area contributed by atoms with Crippen LogP contribution in [0.2, 0.25) is 5.02 Å². The molecule has 5 nitrogen and oxygen atoms in total. The number of amides is 2. The van der Waals surface area contributed by atoms with Gasteiger partial charge in [-0.15, -0.1) is 0 Å². The largest absolute Gasteiger partial charge is 0.492 e. The van der Waals surface area contributed by atoms with Gasteiger partial charge in [0.15, 0.2) is 0 Å². The van der Waals surface area contributed by atoms with E-state index in [2.05, 4.69) is 10.6 Å². The molecule has 0 saturated carbocycles. The summed E-state index contributed by atoms with van der Waals surface area (Å²) < 4.78 is 5.43. The maximum atomic E-state index is 12.0. The third-order valence-electron chi connectivity index (χ3n) is 2.98. The van der Waals surface area contributed by atoms with E-state index in [9.17, 15) is 9.59 Å². The van der Waals surface area contributed by atoms with Crippen LogP contribution in [-0.4, -0.2) is 25.0 Å². The smallest absolute Gasteiger partial charge is 0.251 e. The number of nitrogens with one attached hydrogen (secondary N) is 2. The Labute approximate surface area is 139 Å². The molecule has 2 N–H and O–H groups in total. The fraction of sp³-hybridized carbons (Fsp3) is 0.176. The monoisotopic (exact) mass is 332 g/mol. The van der Waals surface area contributed by atoms with Crippen molar-refractivity contribution in [2.45, 2.75) is 6.92 Å². The lowest BCUT2D eigenvalue weighted by atomic mass is 10.2. The number of carbonyl (C=O) groups is 2. The average molecular weight is 333 g/mol. The van der Waals surface area contributed by atoms with Gasteiger partial charge in [-0.05, 0) is 43.3 Å². The van der Waals surface area contributed by atoms with E-state index < -0.39 is 0 Å². The molecule has 0 aromatic heterocycles. The molecule has 0 heterocycles. The fourth-order valence-corrected chi connectivity index (χ4v) is 2.04. The highest BCUT2D eigenvalue weighted by Crippen LogP contribution is 2.23. The minimum atomic E-state index is -0.338. The van der Waals surface area contributed by atoms with E-state index in [-0.39, 0.29) is 18.4 Å². The third kappa shape index (κ3) is 5.00. The van der Waals surface area contributed by atoms with Gasteiger partial charge in [-0.2, -0.15) is 0 Å². The van der Waals surface area contributed by atoms with Crippen LogP contribution in [0.15, 0.2) is 48.5 Å². The number of carbonyl (C=O) groups excluding carboxylic acids is 2. The fourth-order valence-electron chi connectivity index (χ4n) is 1.91. The van der Waals surface area contributed by atoms with Crippen molar-refractivity contribution in [1.82, 2.24) is 5.32 Å². The molecule has 6 heteroatoms. The Hall–Kier alpha value is -2.53. The van der Waals surface area contributed by atoms with Gasteiger partial charge in [0.25, 0.3) is 5.91 Å². The molecule has 0 aliphatic rings. The summed E-state index contributed by atoms with van der Waals surface area (Å²) in [6.07, 6.45) is 0. The van der Waals surface area contributed by atoms with Crippen molar-refractivity contribution >= 4 is 29.1 Å². The van der Waals surface area contributed by atoms with Crippen LogP contribution < -0.4 is 15.4 Å². The van der Waals surface area contributed by atoms with Crippen LogP contribution in [0, 0.1) is 0 Å². The Bertz CT molecular complexity index is 686. The van der Waals surface area contributed by atoms with Gasteiger partial charge in [-0.3, -0.25) is 9.59 Å². The zero-order valence-corrected chi connectivity index (χ0v) is 13.4. The molecule has 0 aliphatic heterocycles. The van der Waals surface area contributed by atoms with Crippen LogP contribution in [0.3, 0.4) is 0 Å². The molecule has 2 amide bonds. The van der Waals surface area contributed by atoms with Crippen molar-refractivity contribution in [3.8, 4) is 5.75 Å². The summed E-state index contributed by atoms with van der Waals surface area (Å²) in [6.45, 7) is 2.23. The highest BCUT2D eigenvalue weighted by molar-refractivity contribution is 6.30. The van der Waals surface area contributed by atoms with Gasteiger partial charge in [0.05, 0.1) is 18.8 Å². The highest BCUT2D eigenvalue weighted by atomic mass is 35.5. The van der Waals surface area contributed by atoms with E-state index in [1.54, 1.807) is 42.5 Å². The van der Waals surface area contributed by atoms with Crippen LogP contribution in [0.4, 0.5) is 5.69 Å². The molecule has 2 rings (SSSR count). The molecule has 2 aromatic rings.